The van der Waals surface area contributed by atoms with E-state index in [-0.39, 0.29) is 18.4 Å². The van der Waals surface area contributed by atoms with Gasteiger partial charge in [-0.2, -0.15) is 0 Å². The number of nitrogens with one attached hydrogen (secondary N) is 1. The van der Waals surface area contributed by atoms with Gasteiger partial charge in [-0.1, -0.05) is 54.1 Å². The third kappa shape index (κ3) is 5.08. The van der Waals surface area contributed by atoms with Gasteiger partial charge in [-0.05, 0) is 49.8 Å². The minimum atomic E-state index is -0.622. The number of methoxy groups -OCH3 is 1. The van der Waals surface area contributed by atoms with Crippen molar-refractivity contribution in [3.8, 4) is 11.1 Å². The van der Waals surface area contributed by atoms with Crippen LogP contribution in [0.3, 0.4) is 0 Å². The average molecular weight is 409 g/mol. The van der Waals surface area contributed by atoms with Gasteiger partial charge in [0.25, 0.3) is 0 Å². The van der Waals surface area contributed by atoms with Crippen molar-refractivity contribution in [1.29, 1.82) is 0 Å². The van der Waals surface area contributed by atoms with E-state index in [0.717, 1.165) is 24.0 Å². The Labute approximate surface area is 179 Å². The monoisotopic (exact) mass is 408 g/mol. The Morgan fingerprint density at radius 3 is 2.57 bits per heavy atom. The van der Waals surface area contributed by atoms with E-state index in [2.05, 4.69) is 60.8 Å². The highest BCUT2D eigenvalue weighted by atomic mass is 16.5. The van der Waals surface area contributed by atoms with Gasteiger partial charge in [0.15, 0.2) is 0 Å². The van der Waals surface area contributed by atoms with E-state index < -0.39 is 5.41 Å². The number of carbonyl (C=O) groups excluding carboxylic acids is 2. The Morgan fingerprint density at radius 2 is 1.87 bits per heavy atom. The van der Waals surface area contributed by atoms with Crippen molar-refractivity contribution in [3.63, 3.8) is 0 Å². The van der Waals surface area contributed by atoms with E-state index in [0.29, 0.717) is 26.1 Å². The van der Waals surface area contributed by atoms with Gasteiger partial charge in [0.1, 0.15) is 6.61 Å². The molecule has 1 aliphatic heterocycles. The molecule has 1 atom stereocenters. The molecule has 3 rings (SSSR count). The number of aryl methyl sites for hydroxylation is 1. The van der Waals surface area contributed by atoms with Gasteiger partial charge >= 0.3 is 0 Å². The van der Waals surface area contributed by atoms with Crippen LogP contribution in [0, 0.1) is 12.3 Å². The minimum Gasteiger partial charge on any atom is -0.375 e. The van der Waals surface area contributed by atoms with Crippen LogP contribution < -0.4 is 5.32 Å². The van der Waals surface area contributed by atoms with Crippen molar-refractivity contribution in [2.45, 2.75) is 33.1 Å². The third-order valence-corrected chi connectivity index (χ3v) is 5.84. The maximum Gasteiger partial charge on any atom is 0.248 e. The molecule has 2 aromatic rings. The summed E-state index contributed by atoms with van der Waals surface area (Å²) in [7, 11) is 1.52. The Balaban J connectivity index is 1.89. The van der Waals surface area contributed by atoms with Crippen LogP contribution in [0.15, 0.2) is 48.5 Å². The second kappa shape index (κ2) is 9.90. The van der Waals surface area contributed by atoms with Gasteiger partial charge in [-0.15, -0.1) is 0 Å². The number of amides is 2. The lowest BCUT2D eigenvalue weighted by atomic mass is 9.74. The molecule has 0 aromatic heterocycles. The van der Waals surface area contributed by atoms with E-state index in [4.69, 9.17) is 4.74 Å². The fourth-order valence-electron chi connectivity index (χ4n) is 4.39. The molecule has 1 aliphatic rings. The van der Waals surface area contributed by atoms with Gasteiger partial charge in [0, 0.05) is 26.7 Å². The van der Waals surface area contributed by atoms with Crippen LogP contribution in [0.25, 0.3) is 11.1 Å². The first-order valence-corrected chi connectivity index (χ1v) is 10.7. The molecule has 2 aromatic carbocycles. The molecule has 1 N–H and O–H groups in total. The van der Waals surface area contributed by atoms with E-state index in [1.54, 1.807) is 4.90 Å². The molecule has 0 aliphatic carbocycles. The van der Waals surface area contributed by atoms with Crippen molar-refractivity contribution in [3.05, 3.63) is 59.7 Å². The molecule has 1 saturated heterocycles. The van der Waals surface area contributed by atoms with Crippen molar-refractivity contribution < 1.29 is 14.3 Å². The van der Waals surface area contributed by atoms with Crippen molar-refractivity contribution in [1.82, 2.24) is 10.2 Å². The molecular formula is C25H32N2O3. The number of piperidine rings is 1. The molecule has 2 amide bonds. The highest BCUT2D eigenvalue weighted by Crippen LogP contribution is 2.35. The van der Waals surface area contributed by atoms with Gasteiger partial charge in [-0.25, -0.2) is 0 Å². The quantitative estimate of drug-likeness (QED) is 0.762. The second-order valence-corrected chi connectivity index (χ2v) is 8.24. The highest BCUT2D eigenvalue weighted by molar-refractivity contribution is 5.85. The van der Waals surface area contributed by atoms with Crippen LogP contribution >= 0.6 is 0 Å². The Hall–Kier alpha value is -2.66. The highest BCUT2D eigenvalue weighted by Gasteiger charge is 2.43. The van der Waals surface area contributed by atoms with E-state index in [1.807, 2.05) is 6.92 Å². The van der Waals surface area contributed by atoms with Gasteiger partial charge in [0.05, 0.1) is 5.41 Å². The van der Waals surface area contributed by atoms with Crippen LogP contribution in [0.5, 0.6) is 0 Å². The van der Waals surface area contributed by atoms with Gasteiger partial charge in [0.2, 0.25) is 11.8 Å². The molecule has 160 valence electrons. The molecule has 0 bridgehead atoms. The zero-order valence-electron chi connectivity index (χ0n) is 18.2. The van der Waals surface area contributed by atoms with Crippen LogP contribution in [-0.4, -0.2) is 50.1 Å². The average Bonchev–Trinajstić information content (AvgIpc) is 2.74. The number of rotatable bonds is 7. The van der Waals surface area contributed by atoms with Crippen molar-refractivity contribution in [2.24, 2.45) is 5.41 Å². The van der Waals surface area contributed by atoms with Gasteiger partial charge < -0.3 is 15.0 Å². The zero-order valence-corrected chi connectivity index (χ0v) is 18.2. The van der Waals surface area contributed by atoms with E-state index in [1.165, 1.54) is 18.2 Å². The number of likely N-dealkylation sites (tertiary alicyclic amines) is 1. The maximum atomic E-state index is 13.2. The van der Waals surface area contributed by atoms with Crippen LogP contribution in [0.1, 0.15) is 30.9 Å². The first kappa shape index (κ1) is 22.0. The predicted molar refractivity (Wildman–Crippen MR) is 119 cm³/mol. The second-order valence-electron chi connectivity index (χ2n) is 8.24. The lowest BCUT2D eigenvalue weighted by Gasteiger charge is -2.42. The molecule has 5 heteroatoms. The molecule has 1 heterocycles. The summed E-state index contributed by atoms with van der Waals surface area (Å²) in [6.07, 6.45) is 2.18. The minimum absolute atomic E-state index is 0.0286. The lowest BCUT2D eigenvalue weighted by Crippen LogP contribution is -2.55. The standard InChI is InChI=1S/C25H32N2O3/c1-4-26-24(29)25(12-7-13-27(18-25)23(28)17-30-3)16-20-9-6-11-22(15-20)21-10-5-8-19(2)14-21/h5-6,8-11,14-15H,4,7,12-13,16-18H2,1-3H3,(H,26,29)/t25-/m1/s1. The van der Waals surface area contributed by atoms with Gasteiger partial charge in [-0.3, -0.25) is 9.59 Å². The number of hydrogen-bond donors (Lipinski definition) is 1. The van der Waals surface area contributed by atoms with Crippen LogP contribution in [0.4, 0.5) is 0 Å². The van der Waals surface area contributed by atoms with Crippen LogP contribution in [0.2, 0.25) is 0 Å². The first-order valence-electron chi connectivity index (χ1n) is 10.7. The fourth-order valence-corrected chi connectivity index (χ4v) is 4.39. The summed E-state index contributed by atoms with van der Waals surface area (Å²) < 4.78 is 5.03. The molecular weight excluding hydrogens is 376 g/mol. The number of carbonyl (C=O) groups is 2. The molecule has 0 radical (unpaired) electrons. The zero-order chi connectivity index (χ0) is 21.6. The first-order chi connectivity index (χ1) is 14.5. The molecule has 1 fully saturated rings. The summed E-state index contributed by atoms with van der Waals surface area (Å²) >= 11 is 0. The normalized spacial score (nSPS) is 18.8. The number of benzene rings is 2. The Kier molecular flexibility index (Phi) is 7.27. The number of ether oxygens (including phenoxy) is 1. The number of nitrogens with zero attached hydrogens (tertiary/aromatic N) is 1. The third-order valence-electron chi connectivity index (χ3n) is 5.84. The summed E-state index contributed by atoms with van der Waals surface area (Å²) in [5.74, 6) is -0.0275. The molecule has 5 nitrogen and oxygen atoms in total. The van der Waals surface area contributed by atoms with E-state index in [9.17, 15) is 9.59 Å². The molecule has 0 unspecified atom stereocenters. The lowest BCUT2D eigenvalue weighted by molar-refractivity contribution is -0.144. The molecule has 0 saturated carbocycles. The summed E-state index contributed by atoms with van der Waals surface area (Å²) in [4.78, 5) is 27.4. The SMILES string of the molecule is CCNC(=O)[C@@]1(Cc2cccc(-c3cccc(C)c3)c2)CCCN(C(=O)COC)C1. The Morgan fingerprint density at radius 1 is 1.13 bits per heavy atom. The summed E-state index contributed by atoms with van der Waals surface area (Å²) in [5, 5.41) is 3.01. The Bertz CT molecular complexity index is 895. The predicted octanol–water partition coefficient (Wildman–Crippen LogP) is 3.60. The van der Waals surface area contributed by atoms with Crippen molar-refractivity contribution in [2.75, 3.05) is 33.4 Å². The fraction of sp³-hybridized carbons (Fsp3) is 0.440. The van der Waals surface area contributed by atoms with E-state index >= 15 is 0 Å². The summed E-state index contributed by atoms with van der Waals surface area (Å²) in [6, 6.07) is 16.8. The number of hydrogen-bond acceptors (Lipinski definition) is 3. The van der Waals surface area contributed by atoms with Crippen molar-refractivity contribution >= 4 is 11.8 Å². The topological polar surface area (TPSA) is 58.6 Å². The summed E-state index contributed by atoms with van der Waals surface area (Å²) in [6.45, 7) is 5.75. The molecule has 30 heavy (non-hydrogen) atoms. The largest absolute Gasteiger partial charge is 0.375 e. The maximum absolute atomic E-state index is 13.2. The van der Waals surface area contributed by atoms with Crippen LogP contribution in [-0.2, 0) is 20.7 Å². The smallest absolute Gasteiger partial charge is 0.248 e. The summed E-state index contributed by atoms with van der Waals surface area (Å²) in [5.41, 5.74) is 4.02. The molecule has 0 spiro atoms.